The Balaban J connectivity index is 1.76. The Morgan fingerprint density at radius 3 is 2.67 bits per heavy atom. The van der Waals surface area contributed by atoms with Gasteiger partial charge in [0.05, 0.1) is 0 Å². The summed E-state index contributed by atoms with van der Waals surface area (Å²) in [6.45, 7) is 0.629. The molecule has 0 aliphatic heterocycles. The molecule has 0 atom stereocenters. The molecule has 0 saturated heterocycles. The normalized spacial score (nSPS) is 10.1. The van der Waals surface area contributed by atoms with Crippen molar-refractivity contribution in [3.63, 3.8) is 0 Å². The van der Waals surface area contributed by atoms with Crippen molar-refractivity contribution in [2.24, 2.45) is 0 Å². The molecule has 0 fully saturated rings. The van der Waals surface area contributed by atoms with Gasteiger partial charge in [-0.3, -0.25) is 9.78 Å². The molecule has 0 spiro atoms. The third-order valence-corrected chi connectivity index (χ3v) is 3.10. The Bertz CT molecular complexity index is 570. The second-order valence-corrected chi connectivity index (χ2v) is 4.74. The maximum atomic E-state index is 12.0. The molecule has 0 radical (unpaired) electrons. The SMILES string of the molecule is CN(CCc1ccccn1)C(=O)COc1ccc(N)cc1. The molecule has 5 nitrogen and oxygen atoms in total. The molecule has 5 heteroatoms. The van der Waals surface area contributed by atoms with Crippen LogP contribution in [0.1, 0.15) is 5.69 Å². The molecule has 2 rings (SSSR count). The van der Waals surface area contributed by atoms with E-state index in [1.165, 1.54) is 0 Å². The van der Waals surface area contributed by atoms with Gasteiger partial charge in [-0.05, 0) is 36.4 Å². The molecule has 0 aliphatic rings. The largest absolute Gasteiger partial charge is 0.484 e. The minimum Gasteiger partial charge on any atom is -0.484 e. The van der Waals surface area contributed by atoms with Gasteiger partial charge in [-0.25, -0.2) is 0 Å². The number of ether oxygens (including phenoxy) is 1. The first kappa shape index (κ1) is 14.8. The molecule has 0 bridgehead atoms. The van der Waals surface area contributed by atoms with Gasteiger partial charge in [0, 0.05) is 37.6 Å². The summed E-state index contributed by atoms with van der Waals surface area (Å²) in [4.78, 5) is 17.8. The van der Waals surface area contributed by atoms with Crippen LogP contribution in [0, 0.1) is 0 Å². The van der Waals surface area contributed by atoms with Crippen LogP contribution in [0.15, 0.2) is 48.7 Å². The average molecular weight is 285 g/mol. The second-order valence-electron chi connectivity index (χ2n) is 4.74. The minimum absolute atomic E-state index is 0.0165. The minimum atomic E-state index is -0.0669. The molecule has 1 heterocycles. The second kappa shape index (κ2) is 7.28. The van der Waals surface area contributed by atoms with E-state index in [1.54, 1.807) is 42.4 Å². The van der Waals surface area contributed by atoms with Crippen molar-refractivity contribution in [2.45, 2.75) is 6.42 Å². The summed E-state index contributed by atoms with van der Waals surface area (Å²) in [6, 6.07) is 12.7. The molecular formula is C16H19N3O2. The number of aromatic nitrogens is 1. The third kappa shape index (κ3) is 4.80. The monoisotopic (exact) mass is 285 g/mol. The first-order valence-electron chi connectivity index (χ1n) is 6.77. The van der Waals surface area contributed by atoms with Crippen LogP contribution in [0.25, 0.3) is 0 Å². The topological polar surface area (TPSA) is 68.5 Å². The van der Waals surface area contributed by atoms with Gasteiger partial charge in [-0.1, -0.05) is 6.07 Å². The van der Waals surface area contributed by atoms with E-state index in [4.69, 9.17) is 10.5 Å². The van der Waals surface area contributed by atoms with E-state index in [9.17, 15) is 4.79 Å². The lowest BCUT2D eigenvalue weighted by Gasteiger charge is -2.17. The standard InChI is InChI=1S/C16H19N3O2/c1-19(11-9-14-4-2-3-10-18-14)16(20)12-21-15-7-5-13(17)6-8-15/h2-8,10H,9,11-12,17H2,1H3. The summed E-state index contributed by atoms with van der Waals surface area (Å²) >= 11 is 0. The van der Waals surface area contributed by atoms with E-state index in [0.717, 1.165) is 12.1 Å². The Labute approximate surface area is 124 Å². The lowest BCUT2D eigenvalue weighted by atomic mass is 10.2. The lowest BCUT2D eigenvalue weighted by molar-refractivity contribution is -0.132. The van der Waals surface area contributed by atoms with Crippen LogP contribution in [-0.2, 0) is 11.2 Å². The molecular weight excluding hydrogens is 266 g/mol. The number of carbonyl (C=O) groups excluding carboxylic acids is 1. The predicted octanol–water partition coefficient (Wildman–Crippen LogP) is 1.74. The number of carbonyl (C=O) groups is 1. The lowest BCUT2D eigenvalue weighted by Crippen LogP contribution is -2.33. The molecule has 1 aromatic carbocycles. The van der Waals surface area contributed by atoms with Crippen molar-refractivity contribution in [1.82, 2.24) is 9.88 Å². The predicted molar refractivity (Wildman–Crippen MR) is 81.9 cm³/mol. The molecule has 1 amide bonds. The van der Waals surface area contributed by atoms with E-state index in [-0.39, 0.29) is 12.5 Å². The van der Waals surface area contributed by atoms with Crippen molar-refractivity contribution < 1.29 is 9.53 Å². The molecule has 0 aliphatic carbocycles. The Morgan fingerprint density at radius 2 is 2.00 bits per heavy atom. The number of nitrogens with two attached hydrogens (primary N) is 1. The quantitative estimate of drug-likeness (QED) is 0.821. The van der Waals surface area contributed by atoms with Gasteiger partial charge in [0.1, 0.15) is 5.75 Å². The summed E-state index contributed by atoms with van der Waals surface area (Å²) < 4.78 is 5.43. The molecule has 2 aromatic rings. The van der Waals surface area contributed by atoms with Gasteiger partial charge in [0.25, 0.3) is 5.91 Å². The van der Waals surface area contributed by atoms with Gasteiger partial charge in [0.15, 0.2) is 6.61 Å². The summed E-state index contributed by atoms with van der Waals surface area (Å²) in [5, 5.41) is 0. The van der Waals surface area contributed by atoms with Crippen LogP contribution < -0.4 is 10.5 Å². The van der Waals surface area contributed by atoms with E-state index >= 15 is 0 Å². The highest BCUT2D eigenvalue weighted by molar-refractivity contribution is 5.77. The van der Waals surface area contributed by atoms with E-state index in [0.29, 0.717) is 18.0 Å². The number of benzene rings is 1. The maximum Gasteiger partial charge on any atom is 0.260 e. The van der Waals surface area contributed by atoms with E-state index in [1.807, 2.05) is 18.2 Å². The Kier molecular flexibility index (Phi) is 5.15. The van der Waals surface area contributed by atoms with Crippen LogP contribution in [-0.4, -0.2) is 36.0 Å². The van der Waals surface area contributed by atoms with Crippen molar-refractivity contribution in [2.75, 3.05) is 25.9 Å². The number of amides is 1. The smallest absolute Gasteiger partial charge is 0.260 e. The summed E-state index contributed by atoms with van der Waals surface area (Å²) in [5.41, 5.74) is 7.23. The summed E-state index contributed by atoms with van der Waals surface area (Å²) in [6.07, 6.45) is 2.48. The van der Waals surface area contributed by atoms with E-state index in [2.05, 4.69) is 4.98 Å². The molecule has 2 N–H and O–H groups in total. The first-order valence-corrected chi connectivity index (χ1v) is 6.77. The fourth-order valence-electron chi connectivity index (χ4n) is 1.77. The zero-order chi connectivity index (χ0) is 15.1. The van der Waals surface area contributed by atoms with Gasteiger partial charge in [0.2, 0.25) is 0 Å². The number of hydrogen-bond acceptors (Lipinski definition) is 4. The average Bonchev–Trinajstić information content (AvgIpc) is 2.52. The van der Waals surface area contributed by atoms with Crippen LogP contribution in [0.5, 0.6) is 5.75 Å². The van der Waals surface area contributed by atoms with Gasteiger partial charge >= 0.3 is 0 Å². The van der Waals surface area contributed by atoms with Crippen LogP contribution in [0.2, 0.25) is 0 Å². The maximum absolute atomic E-state index is 12.0. The third-order valence-electron chi connectivity index (χ3n) is 3.10. The number of likely N-dealkylation sites (N-methyl/N-ethyl adjacent to an activating group) is 1. The van der Waals surface area contributed by atoms with Crippen LogP contribution >= 0.6 is 0 Å². The van der Waals surface area contributed by atoms with Crippen molar-refractivity contribution in [3.8, 4) is 5.75 Å². The van der Waals surface area contributed by atoms with E-state index < -0.39 is 0 Å². The zero-order valence-corrected chi connectivity index (χ0v) is 12.0. The molecule has 0 saturated carbocycles. The number of hydrogen-bond donors (Lipinski definition) is 1. The number of nitrogens with zero attached hydrogens (tertiary/aromatic N) is 2. The highest BCUT2D eigenvalue weighted by atomic mass is 16.5. The van der Waals surface area contributed by atoms with Gasteiger partial charge in [-0.15, -0.1) is 0 Å². The first-order chi connectivity index (χ1) is 10.1. The number of anilines is 1. The highest BCUT2D eigenvalue weighted by Crippen LogP contribution is 2.13. The zero-order valence-electron chi connectivity index (χ0n) is 12.0. The summed E-state index contributed by atoms with van der Waals surface area (Å²) in [7, 11) is 1.76. The fourth-order valence-corrected chi connectivity index (χ4v) is 1.77. The van der Waals surface area contributed by atoms with Crippen LogP contribution in [0.4, 0.5) is 5.69 Å². The molecule has 110 valence electrons. The Morgan fingerprint density at radius 1 is 1.24 bits per heavy atom. The van der Waals surface area contributed by atoms with Gasteiger partial charge < -0.3 is 15.4 Å². The molecule has 1 aromatic heterocycles. The molecule has 21 heavy (non-hydrogen) atoms. The number of rotatable bonds is 6. The highest BCUT2D eigenvalue weighted by Gasteiger charge is 2.09. The Hall–Kier alpha value is -2.56. The molecule has 0 unspecified atom stereocenters. The van der Waals surface area contributed by atoms with Crippen molar-refractivity contribution in [3.05, 3.63) is 54.4 Å². The summed E-state index contributed by atoms with van der Waals surface area (Å²) in [5.74, 6) is 0.568. The van der Waals surface area contributed by atoms with Crippen LogP contribution in [0.3, 0.4) is 0 Å². The number of pyridine rings is 1. The number of nitrogen functional groups attached to an aromatic ring is 1. The van der Waals surface area contributed by atoms with Gasteiger partial charge in [-0.2, -0.15) is 0 Å². The van der Waals surface area contributed by atoms with Crippen molar-refractivity contribution >= 4 is 11.6 Å². The fraction of sp³-hybridized carbons (Fsp3) is 0.250. The van der Waals surface area contributed by atoms with Crippen molar-refractivity contribution in [1.29, 1.82) is 0 Å².